The van der Waals surface area contributed by atoms with E-state index in [1.54, 1.807) is 13.2 Å². The molecule has 9 heteroatoms. The second-order valence-electron chi connectivity index (χ2n) is 4.34. The van der Waals surface area contributed by atoms with E-state index in [0.717, 1.165) is 6.07 Å². The van der Waals surface area contributed by atoms with E-state index >= 15 is 0 Å². The Labute approximate surface area is 126 Å². The maximum absolute atomic E-state index is 14.3. The number of aromatic nitrogens is 2. The summed E-state index contributed by atoms with van der Waals surface area (Å²) in [7, 11) is -2.38. The Morgan fingerprint density at radius 2 is 2.14 bits per heavy atom. The molecular weight excluding hydrogens is 319 g/mol. The van der Waals surface area contributed by atoms with Gasteiger partial charge in [0.25, 0.3) is 0 Å². The van der Waals surface area contributed by atoms with Crippen molar-refractivity contribution in [3.05, 3.63) is 46.5 Å². The number of rotatable bonds is 6. The first-order valence-electron chi connectivity index (χ1n) is 6.04. The lowest BCUT2D eigenvalue weighted by atomic mass is 10.2. The average molecular weight is 333 g/mol. The number of aromatic amines is 1. The van der Waals surface area contributed by atoms with Crippen LogP contribution in [0.5, 0.6) is 0 Å². The largest absolute Gasteiger partial charge is 0.316 e. The first-order valence-corrected chi connectivity index (χ1v) is 7.90. The molecule has 2 aromatic rings. The van der Waals surface area contributed by atoms with Crippen molar-refractivity contribution in [1.82, 2.24) is 20.2 Å². The first kappa shape index (κ1) is 15.9. The van der Waals surface area contributed by atoms with Crippen molar-refractivity contribution in [2.24, 2.45) is 0 Å². The van der Waals surface area contributed by atoms with Gasteiger partial charge in [0.1, 0.15) is 10.7 Å². The van der Waals surface area contributed by atoms with Crippen molar-refractivity contribution in [1.29, 1.82) is 0 Å². The molecule has 0 saturated heterocycles. The van der Waals surface area contributed by atoms with Gasteiger partial charge in [-0.3, -0.25) is 5.10 Å². The number of benzene rings is 1. The minimum absolute atomic E-state index is 0.00610. The highest BCUT2D eigenvalue weighted by molar-refractivity contribution is 7.89. The van der Waals surface area contributed by atoms with Crippen molar-refractivity contribution in [2.75, 3.05) is 7.05 Å². The molecule has 0 unspecified atom stereocenters. The lowest BCUT2D eigenvalue weighted by Crippen LogP contribution is -2.24. The van der Waals surface area contributed by atoms with E-state index in [1.807, 2.05) is 0 Å². The topological polar surface area (TPSA) is 86.9 Å². The van der Waals surface area contributed by atoms with Crippen LogP contribution in [0, 0.1) is 5.82 Å². The Kier molecular flexibility index (Phi) is 4.94. The number of H-pyrrole nitrogens is 1. The molecule has 114 valence electrons. The van der Waals surface area contributed by atoms with Crippen LogP contribution in [0.2, 0.25) is 5.02 Å². The molecule has 21 heavy (non-hydrogen) atoms. The number of nitrogens with one attached hydrogen (secondary N) is 3. The zero-order valence-electron chi connectivity index (χ0n) is 11.2. The van der Waals surface area contributed by atoms with Gasteiger partial charge in [-0.05, 0) is 19.2 Å². The van der Waals surface area contributed by atoms with E-state index in [-0.39, 0.29) is 23.7 Å². The molecule has 0 spiro atoms. The Bertz CT molecular complexity index is 719. The summed E-state index contributed by atoms with van der Waals surface area (Å²) in [5.74, 6) is -0.812. The zero-order valence-corrected chi connectivity index (χ0v) is 12.7. The van der Waals surface area contributed by atoms with Gasteiger partial charge in [0.15, 0.2) is 0 Å². The molecule has 0 atom stereocenters. The summed E-state index contributed by atoms with van der Waals surface area (Å²) in [6, 6.07) is 2.48. The second-order valence-corrected chi connectivity index (χ2v) is 6.51. The fraction of sp³-hybridized carbons (Fsp3) is 0.250. The van der Waals surface area contributed by atoms with Crippen LogP contribution in [0.1, 0.15) is 11.1 Å². The summed E-state index contributed by atoms with van der Waals surface area (Å²) in [5.41, 5.74) is 0.824. The lowest BCUT2D eigenvalue weighted by molar-refractivity contribution is 0.546. The van der Waals surface area contributed by atoms with Crippen molar-refractivity contribution >= 4 is 21.6 Å². The molecule has 0 fully saturated rings. The summed E-state index contributed by atoms with van der Waals surface area (Å²) < 4.78 is 41.0. The molecule has 1 heterocycles. The van der Waals surface area contributed by atoms with Crippen molar-refractivity contribution in [3.8, 4) is 0 Å². The quantitative estimate of drug-likeness (QED) is 0.746. The number of hydrogen-bond acceptors (Lipinski definition) is 4. The molecular formula is C12H14ClFN4O2S. The second kappa shape index (κ2) is 6.52. The monoisotopic (exact) mass is 332 g/mol. The number of nitrogens with zero attached hydrogens (tertiary/aromatic N) is 1. The van der Waals surface area contributed by atoms with Gasteiger partial charge in [-0.25, -0.2) is 17.5 Å². The van der Waals surface area contributed by atoms with Gasteiger partial charge in [0, 0.05) is 35.4 Å². The Balaban J connectivity index is 2.30. The van der Waals surface area contributed by atoms with E-state index in [9.17, 15) is 12.8 Å². The van der Waals surface area contributed by atoms with Crippen LogP contribution in [0.15, 0.2) is 29.4 Å². The number of hydrogen-bond donors (Lipinski definition) is 3. The van der Waals surface area contributed by atoms with E-state index in [4.69, 9.17) is 11.6 Å². The fourth-order valence-corrected chi connectivity index (χ4v) is 3.23. The standard InChI is InChI=1S/C12H14ClFN4O2S/c1-15-7-9-2-10(13)3-11(12(9)14)21(19,20)18-6-8-4-16-17-5-8/h2-5,15,18H,6-7H2,1H3,(H,16,17). The molecule has 0 aliphatic heterocycles. The van der Waals surface area contributed by atoms with Gasteiger partial charge >= 0.3 is 0 Å². The van der Waals surface area contributed by atoms with Gasteiger partial charge in [0.2, 0.25) is 10.0 Å². The van der Waals surface area contributed by atoms with E-state index in [2.05, 4.69) is 20.2 Å². The summed E-state index contributed by atoms with van der Waals surface area (Å²) in [5, 5.41) is 9.18. The molecule has 3 N–H and O–H groups in total. The highest BCUT2D eigenvalue weighted by Gasteiger charge is 2.22. The molecule has 0 aliphatic rings. The van der Waals surface area contributed by atoms with Crippen LogP contribution in [0.4, 0.5) is 4.39 Å². The zero-order chi connectivity index (χ0) is 15.5. The van der Waals surface area contributed by atoms with Crippen molar-refractivity contribution in [2.45, 2.75) is 18.0 Å². The number of halogens is 2. The summed E-state index contributed by atoms with van der Waals surface area (Å²) >= 11 is 5.86. The number of sulfonamides is 1. The highest BCUT2D eigenvalue weighted by Crippen LogP contribution is 2.23. The average Bonchev–Trinajstić information content (AvgIpc) is 2.94. The SMILES string of the molecule is CNCc1cc(Cl)cc(S(=O)(=O)NCc2cn[nH]c2)c1F. The highest BCUT2D eigenvalue weighted by atomic mass is 35.5. The minimum atomic E-state index is -4.01. The van der Waals surface area contributed by atoms with Crippen LogP contribution < -0.4 is 10.0 Å². The fourth-order valence-electron chi connectivity index (χ4n) is 1.76. The molecule has 0 saturated carbocycles. The van der Waals surface area contributed by atoms with Crippen LogP contribution in [-0.2, 0) is 23.1 Å². The minimum Gasteiger partial charge on any atom is -0.316 e. The smallest absolute Gasteiger partial charge is 0.243 e. The Hall–Kier alpha value is -1.48. The van der Waals surface area contributed by atoms with E-state index < -0.39 is 20.7 Å². The molecule has 0 radical (unpaired) electrons. The van der Waals surface area contributed by atoms with Crippen LogP contribution >= 0.6 is 11.6 Å². The van der Waals surface area contributed by atoms with Gasteiger partial charge in [0.05, 0.1) is 6.20 Å². The molecule has 0 aliphatic carbocycles. The van der Waals surface area contributed by atoms with Crippen LogP contribution in [0.25, 0.3) is 0 Å². The normalized spacial score (nSPS) is 11.8. The first-order chi connectivity index (χ1) is 9.94. The summed E-state index contributed by atoms with van der Waals surface area (Å²) in [6.45, 7) is 0.183. The Morgan fingerprint density at radius 1 is 1.38 bits per heavy atom. The molecule has 0 bridgehead atoms. The lowest BCUT2D eigenvalue weighted by Gasteiger charge is -2.11. The molecule has 2 rings (SSSR count). The molecule has 0 amide bonds. The third-order valence-electron chi connectivity index (χ3n) is 2.76. The maximum Gasteiger partial charge on any atom is 0.243 e. The van der Waals surface area contributed by atoms with Gasteiger partial charge < -0.3 is 5.32 Å². The Morgan fingerprint density at radius 3 is 2.76 bits per heavy atom. The predicted octanol–water partition coefficient (Wildman–Crippen LogP) is 1.40. The van der Waals surface area contributed by atoms with E-state index in [0.29, 0.717) is 5.56 Å². The van der Waals surface area contributed by atoms with Gasteiger partial charge in [-0.1, -0.05) is 11.6 Å². The van der Waals surface area contributed by atoms with Gasteiger partial charge in [-0.15, -0.1) is 0 Å². The predicted molar refractivity (Wildman–Crippen MR) is 76.8 cm³/mol. The maximum atomic E-state index is 14.3. The van der Waals surface area contributed by atoms with Gasteiger partial charge in [-0.2, -0.15) is 5.10 Å². The van der Waals surface area contributed by atoms with Crippen molar-refractivity contribution in [3.63, 3.8) is 0 Å². The van der Waals surface area contributed by atoms with E-state index in [1.165, 1.54) is 12.3 Å². The molecule has 1 aromatic heterocycles. The van der Waals surface area contributed by atoms with Crippen molar-refractivity contribution < 1.29 is 12.8 Å². The molecule has 1 aromatic carbocycles. The van der Waals surface area contributed by atoms with Crippen LogP contribution in [0.3, 0.4) is 0 Å². The third-order valence-corrected chi connectivity index (χ3v) is 4.38. The third kappa shape index (κ3) is 3.79. The summed E-state index contributed by atoms with van der Waals surface area (Å²) in [4.78, 5) is -0.469. The van der Waals surface area contributed by atoms with Crippen LogP contribution in [-0.4, -0.2) is 25.7 Å². The molecule has 6 nitrogen and oxygen atoms in total. The summed E-state index contributed by atoms with van der Waals surface area (Å²) in [6.07, 6.45) is 3.02.